The lowest BCUT2D eigenvalue weighted by atomic mass is 10.1. The quantitative estimate of drug-likeness (QED) is 0.517. The molecule has 2 rings (SSSR count). The lowest BCUT2D eigenvalue weighted by molar-refractivity contribution is -0.123. The van der Waals surface area contributed by atoms with Gasteiger partial charge in [-0.1, -0.05) is 31.9 Å². The highest BCUT2D eigenvalue weighted by Gasteiger charge is 2.14. The van der Waals surface area contributed by atoms with Gasteiger partial charge >= 0.3 is 0 Å². The maximum atomic E-state index is 12.3. The van der Waals surface area contributed by atoms with Crippen molar-refractivity contribution in [3.8, 4) is 17.2 Å². The Bertz CT molecular complexity index is 853. The molecule has 0 bridgehead atoms. The topological polar surface area (TPSA) is 99.9 Å². The number of carbonyl (C=O) groups excluding carboxylic acids is 2. The number of carbonyl (C=O) groups is 2. The van der Waals surface area contributed by atoms with Gasteiger partial charge in [-0.15, -0.1) is 0 Å². The highest BCUT2D eigenvalue weighted by atomic mass is 16.5. The van der Waals surface area contributed by atoms with E-state index in [0.29, 0.717) is 29.4 Å². The van der Waals surface area contributed by atoms with Crippen molar-refractivity contribution in [2.24, 2.45) is 5.73 Å². The molecular weight excluding hydrogens is 384 g/mol. The molecule has 0 aromatic heterocycles. The maximum absolute atomic E-state index is 12.3. The summed E-state index contributed by atoms with van der Waals surface area (Å²) in [6.45, 7) is 4.49. The SMILES string of the molecule is CCCCCOc1ccc(C(C)NC(=O)COc2cccc(C(N)=O)c2)cc1OC. The largest absolute Gasteiger partial charge is 0.493 e. The summed E-state index contributed by atoms with van der Waals surface area (Å²) in [5.41, 5.74) is 6.46. The van der Waals surface area contributed by atoms with Crippen molar-refractivity contribution in [1.82, 2.24) is 5.32 Å². The van der Waals surface area contributed by atoms with Crippen molar-refractivity contribution in [1.29, 1.82) is 0 Å². The van der Waals surface area contributed by atoms with E-state index < -0.39 is 5.91 Å². The van der Waals surface area contributed by atoms with E-state index in [1.54, 1.807) is 25.3 Å². The molecule has 3 N–H and O–H groups in total. The van der Waals surface area contributed by atoms with Gasteiger partial charge in [0.2, 0.25) is 5.91 Å². The van der Waals surface area contributed by atoms with Crippen LogP contribution in [0, 0.1) is 0 Å². The molecule has 2 aromatic carbocycles. The van der Waals surface area contributed by atoms with Crippen LogP contribution in [0.25, 0.3) is 0 Å². The minimum absolute atomic E-state index is 0.178. The van der Waals surface area contributed by atoms with Crippen LogP contribution >= 0.6 is 0 Å². The van der Waals surface area contributed by atoms with E-state index in [2.05, 4.69) is 12.2 Å². The molecule has 162 valence electrons. The van der Waals surface area contributed by atoms with Crippen LogP contribution in [0.2, 0.25) is 0 Å². The predicted octanol–water partition coefficient (Wildman–Crippen LogP) is 3.62. The molecule has 0 aliphatic carbocycles. The lowest BCUT2D eigenvalue weighted by Gasteiger charge is -2.17. The molecule has 30 heavy (non-hydrogen) atoms. The number of hydrogen-bond acceptors (Lipinski definition) is 5. The van der Waals surface area contributed by atoms with Gasteiger partial charge in [0, 0.05) is 5.56 Å². The lowest BCUT2D eigenvalue weighted by Crippen LogP contribution is -2.31. The Labute approximate surface area is 177 Å². The second-order valence-electron chi connectivity index (χ2n) is 6.94. The third-order valence-corrected chi connectivity index (χ3v) is 4.56. The minimum atomic E-state index is -0.551. The molecule has 7 nitrogen and oxygen atoms in total. The summed E-state index contributed by atoms with van der Waals surface area (Å²) in [5, 5.41) is 2.88. The van der Waals surface area contributed by atoms with Crippen LogP contribution < -0.4 is 25.3 Å². The monoisotopic (exact) mass is 414 g/mol. The number of benzene rings is 2. The highest BCUT2D eigenvalue weighted by Crippen LogP contribution is 2.30. The second kappa shape index (κ2) is 11.7. The van der Waals surface area contributed by atoms with Gasteiger partial charge in [0.15, 0.2) is 18.1 Å². The summed E-state index contributed by atoms with van der Waals surface area (Å²) in [7, 11) is 1.59. The van der Waals surface area contributed by atoms with Crippen molar-refractivity contribution in [3.05, 3.63) is 53.6 Å². The van der Waals surface area contributed by atoms with Crippen LogP contribution in [0.3, 0.4) is 0 Å². The normalized spacial score (nSPS) is 11.4. The van der Waals surface area contributed by atoms with E-state index in [-0.39, 0.29) is 18.6 Å². The Morgan fingerprint density at radius 3 is 2.57 bits per heavy atom. The average Bonchev–Trinajstić information content (AvgIpc) is 2.75. The molecule has 0 saturated carbocycles. The summed E-state index contributed by atoms with van der Waals surface area (Å²) in [6.07, 6.45) is 3.26. The van der Waals surface area contributed by atoms with Gasteiger partial charge in [-0.3, -0.25) is 9.59 Å². The van der Waals surface area contributed by atoms with Crippen molar-refractivity contribution in [2.45, 2.75) is 39.2 Å². The Morgan fingerprint density at radius 1 is 1.07 bits per heavy atom. The number of nitrogens with one attached hydrogen (secondary N) is 1. The van der Waals surface area contributed by atoms with Crippen LogP contribution in [0.4, 0.5) is 0 Å². The molecule has 0 aliphatic rings. The number of hydrogen-bond donors (Lipinski definition) is 2. The summed E-state index contributed by atoms with van der Waals surface area (Å²) < 4.78 is 16.7. The van der Waals surface area contributed by atoms with Crippen molar-refractivity contribution in [2.75, 3.05) is 20.3 Å². The number of primary amides is 1. The van der Waals surface area contributed by atoms with Gasteiger partial charge in [-0.05, 0) is 49.2 Å². The third kappa shape index (κ3) is 6.99. The molecule has 0 heterocycles. The van der Waals surface area contributed by atoms with E-state index in [4.69, 9.17) is 19.9 Å². The van der Waals surface area contributed by atoms with Gasteiger partial charge in [0.05, 0.1) is 19.8 Å². The maximum Gasteiger partial charge on any atom is 0.258 e. The van der Waals surface area contributed by atoms with E-state index in [1.807, 2.05) is 25.1 Å². The molecule has 0 radical (unpaired) electrons. The Morgan fingerprint density at radius 2 is 1.87 bits per heavy atom. The van der Waals surface area contributed by atoms with Gasteiger partial charge in [-0.2, -0.15) is 0 Å². The number of ether oxygens (including phenoxy) is 3. The first-order valence-corrected chi connectivity index (χ1v) is 10.1. The van der Waals surface area contributed by atoms with Gasteiger partial charge < -0.3 is 25.3 Å². The number of amides is 2. The van der Waals surface area contributed by atoms with E-state index in [1.165, 1.54) is 6.07 Å². The van der Waals surface area contributed by atoms with E-state index in [9.17, 15) is 9.59 Å². The summed E-state index contributed by atoms with van der Waals surface area (Å²) in [6, 6.07) is 11.8. The van der Waals surface area contributed by atoms with Crippen LogP contribution in [-0.4, -0.2) is 32.1 Å². The zero-order chi connectivity index (χ0) is 21.9. The first kappa shape index (κ1) is 23.1. The third-order valence-electron chi connectivity index (χ3n) is 4.56. The molecule has 7 heteroatoms. The molecule has 1 atom stereocenters. The second-order valence-corrected chi connectivity index (χ2v) is 6.94. The summed E-state index contributed by atoms with van der Waals surface area (Å²) in [4.78, 5) is 23.5. The first-order valence-electron chi connectivity index (χ1n) is 10.1. The molecule has 0 saturated heterocycles. The zero-order valence-electron chi connectivity index (χ0n) is 17.8. The van der Waals surface area contributed by atoms with Gasteiger partial charge in [0.1, 0.15) is 5.75 Å². The number of nitrogens with two attached hydrogens (primary N) is 1. The fraction of sp³-hybridized carbons (Fsp3) is 0.391. The Hall–Kier alpha value is -3.22. The fourth-order valence-electron chi connectivity index (χ4n) is 2.86. The van der Waals surface area contributed by atoms with Crippen LogP contribution in [0.1, 0.15) is 55.1 Å². The van der Waals surface area contributed by atoms with Gasteiger partial charge in [-0.25, -0.2) is 0 Å². The van der Waals surface area contributed by atoms with E-state index in [0.717, 1.165) is 24.8 Å². The van der Waals surface area contributed by atoms with Crippen molar-refractivity contribution < 1.29 is 23.8 Å². The van der Waals surface area contributed by atoms with Crippen molar-refractivity contribution >= 4 is 11.8 Å². The fourth-order valence-corrected chi connectivity index (χ4v) is 2.86. The van der Waals surface area contributed by atoms with Gasteiger partial charge in [0.25, 0.3) is 5.91 Å². The summed E-state index contributed by atoms with van der Waals surface area (Å²) in [5.74, 6) is 0.884. The van der Waals surface area contributed by atoms with Crippen LogP contribution in [0.15, 0.2) is 42.5 Å². The van der Waals surface area contributed by atoms with Crippen LogP contribution in [0.5, 0.6) is 17.2 Å². The zero-order valence-corrected chi connectivity index (χ0v) is 17.8. The standard InChI is InChI=1S/C23H30N2O5/c1-4-5-6-12-29-20-11-10-17(14-21(20)28-3)16(2)25-22(26)15-30-19-9-7-8-18(13-19)23(24)27/h7-11,13-14,16H,4-6,12,15H2,1-3H3,(H2,24,27)(H,25,26). The molecule has 2 aromatic rings. The smallest absolute Gasteiger partial charge is 0.258 e. The molecular formula is C23H30N2O5. The molecule has 2 amide bonds. The average molecular weight is 415 g/mol. The number of methoxy groups -OCH3 is 1. The minimum Gasteiger partial charge on any atom is -0.493 e. The van der Waals surface area contributed by atoms with E-state index >= 15 is 0 Å². The number of unbranched alkanes of at least 4 members (excludes halogenated alkanes) is 2. The highest BCUT2D eigenvalue weighted by molar-refractivity contribution is 5.93. The first-order chi connectivity index (χ1) is 14.4. The summed E-state index contributed by atoms with van der Waals surface area (Å²) >= 11 is 0. The number of rotatable bonds is 12. The molecule has 1 unspecified atom stereocenters. The molecule has 0 fully saturated rings. The Kier molecular flexibility index (Phi) is 9.00. The van der Waals surface area contributed by atoms with Crippen molar-refractivity contribution in [3.63, 3.8) is 0 Å². The van der Waals surface area contributed by atoms with Crippen LogP contribution in [-0.2, 0) is 4.79 Å². The molecule has 0 spiro atoms. The molecule has 0 aliphatic heterocycles. The Balaban J connectivity index is 1.91. The predicted molar refractivity (Wildman–Crippen MR) is 115 cm³/mol.